The summed E-state index contributed by atoms with van der Waals surface area (Å²) >= 11 is 0. The molecule has 1 saturated carbocycles. The first kappa shape index (κ1) is 26.8. The van der Waals surface area contributed by atoms with Crippen LogP contribution in [0.15, 0.2) is 22.9 Å². The number of amides is 1. The van der Waals surface area contributed by atoms with Crippen molar-refractivity contribution in [1.29, 1.82) is 0 Å². The Hall–Kier alpha value is -3.23. The summed E-state index contributed by atoms with van der Waals surface area (Å²) in [4.78, 5) is 33.1. The maximum absolute atomic E-state index is 15.1. The van der Waals surface area contributed by atoms with Crippen LogP contribution in [0.2, 0.25) is 0 Å². The number of hydrogen-bond donors (Lipinski definition) is 2. The number of esters is 1. The molecule has 0 aliphatic heterocycles. The highest BCUT2D eigenvalue weighted by molar-refractivity contribution is 5.95. The van der Waals surface area contributed by atoms with Gasteiger partial charge in [-0.2, -0.15) is 0 Å². The van der Waals surface area contributed by atoms with E-state index in [0.29, 0.717) is 34.6 Å². The summed E-state index contributed by atoms with van der Waals surface area (Å²) in [5, 5.41) is 6.96. The molecule has 1 aliphatic rings. The number of nitrogens with one attached hydrogen (secondary N) is 2. The highest BCUT2D eigenvalue weighted by Gasteiger charge is 2.30. The molecular weight excluding hydrogens is 475 g/mol. The van der Waals surface area contributed by atoms with E-state index < -0.39 is 17.5 Å². The summed E-state index contributed by atoms with van der Waals surface area (Å²) < 4.78 is 25.4. The lowest BCUT2D eigenvalue weighted by Crippen LogP contribution is -2.35. The van der Waals surface area contributed by atoms with Gasteiger partial charge in [-0.25, -0.2) is 9.37 Å². The molecule has 1 aromatic carbocycles. The largest absolute Gasteiger partial charge is 0.460 e. The van der Waals surface area contributed by atoms with Gasteiger partial charge in [0.1, 0.15) is 28.8 Å². The standard InChI is InChI=1S/C28H37FN4O4/c1-17-20(16-36-33-17)27(35)32-24(19-10-8-6-5-7-9-11-19)26-30-22-15-18(14-21(29)25(22)31-26)12-13-23(34)37-28(2,3)4/h14-16,19,24H,5-13H2,1-4H3,(H,30,31)(H,32,35). The van der Waals surface area contributed by atoms with Crippen LogP contribution in [-0.2, 0) is 16.0 Å². The van der Waals surface area contributed by atoms with Crippen LogP contribution < -0.4 is 5.32 Å². The van der Waals surface area contributed by atoms with Crippen molar-refractivity contribution in [2.45, 2.75) is 97.1 Å². The van der Waals surface area contributed by atoms with Crippen molar-refractivity contribution in [2.75, 3.05) is 0 Å². The molecule has 0 saturated heterocycles. The fourth-order valence-corrected chi connectivity index (χ4v) is 5.04. The van der Waals surface area contributed by atoms with Gasteiger partial charge in [-0.05, 0) is 70.6 Å². The van der Waals surface area contributed by atoms with E-state index >= 15 is 4.39 Å². The Balaban J connectivity index is 1.60. The maximum Gasteiger partial charge on any atom is 0.306 e. The molecule has 0 radical (unpaired) electrons. The van der Waals surface area contributed by atoms with Crippen LogP contribution in [0.3, 0.4) is 0 Å². The third kappa shape index (κ3) is 6.96. The normalized spacial score (nSPS) is 16.2. The van der Waals surface area contributed by atoms with Crippen LogP contribution >= 0.6 is 0 Å². The molecule has 2 aromatic heterocycles. The SMILES string of the molecule is Cc1nocc1C(=O)NC(c1nc2c(F)cc(CCC(=O)OC(C)(C)C)cc2[nH]1)C1CCCCCCC1. The molecule has 37 heavy (non-hydrogen) atoms. The Morgan fingerprint density at radius 1 is 1.19 bits per heavy atom. The predicted octanol–water partition coefficient (Wildman–Crippen LogP) is 6.10. The van der Waals surface area contributed by atoms with Gasteiger partial charge < -0.3 is 19.6 Å². The molecule has 1 fully saturated rings. The van der Waals surface area contributed by atoms with Gasteiger partial charge in [0.15, 0.2) is 5.82 Å². The Morgan fingerprint density at radius 3 is 2.54 bits per heavy atom. The highest BCUT2D eigenvalue weighted by Crippen LogP contribution is 2.34. The second-order valence-electron chi connectivity index (χ2n) is 11.1. The Morgan fingerprint density at radius 2 is 1.89 bits per heavy atom. The Kier molecular flexibility index (Phi) is 8.29. The molecule has 1 unspecified atom stereocenters. The third-order valence-electron chi connectivity index (χ3n) is 6.85. The molecule has 2 N–H and O–H groups in total. The predicted molar refractivity (Wildman–Crippen MR) is 137 cm³/mol. The number of benzene rings is 1. The lowest BCUT2D eigenvalue weighted by Gasteiger charge is -2.28. The zero-order chi connectivity index (χ0) is 26.6. The van der Waals surface area contributed by atoms with E-state index in [1.807, 2.05) is 26.8 Å². The molecule has 1 aliphatic carbocycles. The maximum atomic E-state index is 15.1. The summed E-state index contributed by atoms with van der Waals surface area (Å²) in [6, 6.07) is 2.83. The van der Waals surface area contributed by atoms with Gasteiger partial charge in [-0.3, -0.25) is 9.59 Å². The van der Waals surface area contributed by atoms with Crippen LogP contribution in [0.4, 0.5) is 4.39 Å². The molecule has 8 nitrogen and oxygen atoms in total. The number of rotatable bonds is 7. The van der Waals surface area contributed by atoms with Crippen molar-refractivity contribution in [3.8, 4) is 0 Å². The number of ether oxygens (including phenoxy) is 1. The first-order valence-electron chi connectivity index (χ1n) is 13.2. The molecule has 0 spiro atoms. The van der Waals surface area contributed by atoms with E-state index in [0.717, 1.165) is 38.5 Å². The number of carbonyl (C=O) groups excluding carboxylic acids is 2. The molecule has 0 bridgehead atoms. The molecule has 1 amide bonds. The number of aromatic nitrogens is 3. The topological polar surface area (TPSA) is 110 Å². The van der Waals surface area contributed by atoms with Gasteiger partial charge in [0.05, 0.1) is 17.3 Å². The van der Waals surface area contributed by atoms with Crippen molar-refractivity contribution in [1.82, 2.24) is 20.4 Å². The van der Waals surface area contributed by atoms with Crippen molar-refractivity contribution < 1.29 is 23.2 Å². The highest BCUT2D eigenvalue weighted by atomic mass is 19.1. The number of halogens is 1. The number of fused-ring (bicyclic) bond motifs is 1. The Labute approximate surface area is 216 Å². The van der Waals surface area contributed by atoms with Gasteiger partial charge in [-0.15, -0.1) is 0 Å². The van der Waals surface area contributed by atoms with E-state index in [1.165, 1.54) is 18.8 Å². The number of imidazole rings is 1. The fourth-order valence-electron chi connectivity index (χ4n) is 5.04. The van der Waals surface area contributed by atoms with Crippen LogP contribution in [0, 0.1) is 18.7 Å². The van der Waals surface area contributed by atoms with E-state index in [4.69, 9.17) is 9.26 Å². The zero-order valence-corrected chi connectivity index (χ0v) is 22.2. The Bertz CT molecular complexity index is 1230. The molecule has 3 aromatic rings. The fraction of sp³-hybridized carbons (Fsp3) is 0.571. The molecule has 200 valence electrons. The first-order chi connectivity index (χ1) is 17.6. The van der Waals surface area contributed by atoms with Gasteiger partial charge in [0.25, 0.3) is 5.91 Å². The minimum Gasteiger partial charge on any atom is -0.460 e. The molecule has 1 atom stereocenters. The van der Waals surface area contributed by atoms with Gasteiger partial charge in [0.2, 0.25) is 0 Å². The molecular formula is C28H37FN4O4. The van der Waals surface area contributed by atoms with Gasteiger partial charge >= 0.3 is 5.97 Å². The van der Waals surface area contributed by atoms with E-state index in [1.54, 1.807) is 6.92 Å². The number of aromatic amines is 1. The number of hydrogen-bond acceptors (Lipinski definition) is 6. The quantitative estimate of drug-likeness (QED) is 0.370. The van der Waals surface area contributed by atoms with Crippen molar-refractivity contribution in [2.24, 2.45) is 5.92 Å². The summed E-state index contributed by atoms with van der Waals surface area (Å²) in [6.45, 7) is 7.17. The van der Waals surface area contributed by atoms with Gasteiger partial charge in [-0.1, -0.05) is 37.3 Å². The summed E-state index contributed by atoms with van der Waals surface area (Å²) in [5.41, 5.74) is 1.77. The first-order valence-corrected chi connectivity index (χ1v) is 13.2. The minimum atomic E-state index is -0.563. The van der Waals surface area contributed by atoms with Crippen molar-refractivity contribution in [3.05, 3.63) is 46.9 Å². The van der Waals surface area contributed by atoms with E-state index in [9.17, 15) is 9.59 Å². The van der Waals surface area contributed by atoms with Crippen LogP contribution in [-0.4, -0.2) is 32.6 Å². The summed E-state index contributed by atoms with van der Waals surface area (Å²) in [7, 11) is 0. The van der Waals surface area contributed by atoms with Crippen molar-refractivity contribution >= 4 is 22.9 Å². The average molecular weight is 513 g/mol. The third-order valence-corrected chi connectivity index (χ3v) is 6.85. The number of H-pyrrole nitrogens is 1. The van der Waals surface area contributed by atoms with Crippen LogP contribution in [0.25, 0.3) is 11.0 Å². The molecule has 2 heterocycles. The smallest absolute Gasteiger partial charge is 0.306 e. The minimum absolute atomic E-state index is 0.155. The second kappa shape index (κ2) is 11.4. The van der Waals surface area contributed by atoms with Crippen LogP contribution in [0.5, 0.6) is 0 Å². The summed E-state index contributed by atoms with van der Waals surface area (Å²) in [6.07, 6.45) is 9.46. The van der Waals surface area contributed by atoms with Crippen molar-refractivity contribution in [3.63, 3.8) is 0 Å². The lowest BCUT2D eigenvalue weighted by atomic mass is 9.85. The zero-order valence-electron chi connectivity index (χ0n) is 22.2. The second-order valence-corrected chi connectivity index (χ2v) is 11.1. The number of nitrogens with zero attached hydrogens (tertiary/aromatic N) is 2. The van der Waals surface area contributed by atoms with E-state index in [2.05, 4.69) is 20.4 Å². The lowest BCUT2D eigenvalue weighted by molar-refractivity contribution is -0.154. The monoisotopic (exact) mass is 512 g/mol. The average Bonchev–Trinajstić information content (AvgIpc) is 3.41. The summed E-state index contributed by atoms with van der Waals surface area (Å²) in [5.74, 6) is -0.373. The number of carbonyl (C=O) groups is 2. The number of aryl methyl sites for hydroxylation is 2. The van der Waals surface area contributed by atoms with Crippen LogP contribution in [0.1, 0.15) is 106 Å². The molecule has 9 heteroatoms. The van der Waals surface area contributed by atoms with Gasteiger partial charge in [0, 0.05) is 6.42 Å². The van der Waals surface area contributed by atoms with E-state index in [-0.39, 0.29) is 29.7 Å². The molecule has 4 rings (SSSR count).